The van der Waals surface area contributed by atoms with Gasteiger partial charge in [0, 0.05) is 16.7 Å². The van der Waals surface area contributed by atoms with E-state index in [-0.39, 0.29) is 0 Å². The van der Waals surface area contributed by atoms with Crippen molar-refractivity contribution in [1.29, 1.82) is 0 Å². The molecule has 1 heterocycles. The number of hydrogen-bond acceptors (Lipinski definition) is 3. The van der Waals surface area contributed by atoms with Crippen LogP contribution in [-0.4, -0.2) is 15.0 Å². The Morgan fingerprint density at radius 2 is 1.33 bits per heavy atom. The molecule has 3 rings (SSSR count). The van der Waals surface area contributed by atoms with Crippen molar-refractivity contribution in [3.8, 4) is 22.8 Å². The van der Waals surface area contributed by atoms with E-state index in [1.807, 2.05) is 60.7 Å². The molecular weight excluding hydrogens is 294 g/mol. The monoisotopic (exact) mass is 313 g/mol. The highest BCUT2D eigenvalue weighted by molar-refractivity contribution is 5.72. The molecule has 118 valence electrons. The van der Waals surface area contributed by atoms with Crippen LogP contribution in [0.3, 0.4) is 0 Å². The molecule has 0 bridgehead atoms. The molecule has 0 saturated carbocycles. The van der Waals surface area contributed by atoms with Crippen molar-refractivity contribution < 1.29 is 0 Å². The quantitative estimate of drug-likeness (QED) is 0.609. The molecule has 1 aromatic heterocycles. The number of allylic oxidation sites excluding steroid dienone is 3. The van der Waals surface area contributed by atoms with E-state index in [0.717, 1.165) is 23.1 Å². The maximum Gasteiger partial charge on any atom is 0.164 e. The lowest BCUT2D eigenvalue weighted by molar-refractivity contribution is 1.03. The van der Waals surface area contributed by atoms with Crippen LogP contribution in [-0.2, 0) is 0 Å². The number of nitrogens with zero attached hydrogens (tertiary/aromatic N) is 3. The lowest BCUT2D eigenvalue weighted by Gasteiger charge is -2.08. The smallest absolute Gasteiger partial charge is 0.164 e. The Kier molecular flexibility index (Phi) is 4.92. The van der Waals surface area contributed by atoms with E-state index in [4.69, 9.17) is 0 Å². The summed E-state index contributed by atoms with van der Waals surface area (Å²) >= 11 is 0. The van der Waals surface area contributed by atoms with Crippen molar-refractivity contribution in [2.45, 2.75) is 13.3 Å². The number of benzene rings is 2. The molecule has 0 aliphatic heterocycles. The van der Waals surface area contributed by atoms with Crippen LogP contribution in [0.4, 0.5) is 0 Å². The summed E-state index contributed by atoms with van der Waals surface area (Å²) in [4.78, 5) is 14.0. The fourth-order valence-electron chi connectivity index (χ4n) is 2.42. The molecule has 0 unspecified atom stereocenters. The number of rotatable bonds is 5. The summed E-state index contributed by atoms with van der Waals surface area (Å²) in [6.45, 7) is 5.98. The zero-order chi connectivity index (χ0) is 16.8. The average Bonchev–Trinajstić information content (AvgIpc) is 2.67. The molecule has 0 N–H and O–H groups in total. The van der Waals surface area contributed by atoms with Crippen molar-refractivity contribution in [3.63, 3.8) is 0 Å². The van der Waals surface area contributed by atoms with Gasteiger partial charge in [-0.2, -0.15) is 0 Å². The van der Waals surface area contributed by atoms with Crippen LogP contribution in [0.25, 0.3) is 28.3 Å². The van der Waals surface area contributed by atoms with Crippen LogP contribution in [0.15, 0.2) is 79.4 Å². The predicted octanol–water partition coefficient (Wildman–Crippen LogP) is 5.19. The van der Waals surface area contributed by atoms with Gasteiger partial charge in [0.1, 0.15) is 0 Å². The fourth-order valence-corrected chi connectivity index (χ4v) is 2.42. The van der Waals surface area contributed by atoms with E-state index < -0.39 is 0 Å². The van der Waals surface area contributed by atoms with Gasteiger partial charge in [0.25, 0.3) is 0 Å². The summed E-state index contributed by atoms with van der Waals surface area (Å²) in [5.41, 5.74) is 2.87. The molecule has 3 aromatic rings. The molecule has 3 nitrogen and oxygen atoms in total. The Balaban J connectivity index is 2.20. The van der Waals surface area contributed by atoms with Crippen molar-refractivity contribution in [3.05, 3.63) is 85.2 Å². The molecule has 0 fully saturated rings. The summed E-state index contributed by atoms with van der Waals surface area (Å²) < 4.78 is 0. The summed E-state index contributed by atoms with van der Waals surface area (Å²) in [6.07, 6.45) is 4.77. The third-order valence-electron chi connectivity index (χ3n) is 3.60. The predicted molar refractivity (Wildman–Crippen MR) is 99.2 cm³/mol. The second kappa shape index (κ2) is 7.47. The van der Waals surface area contributed by atoms with E-state index in [2.05, 4.69) is 34.5 Å². The lowest BCUT2D eigenvalue weighted by Crippen LogP contribution is -2.02. The van der Waals surface area contributed by atoms with Gasteiger partial charge in [-0.3, -0.25) is 0 Å². The largest absolute Gasteiger partial charge is 0.208 e. The van der Waals surface area contributed by atoms with Crippen LogP contribution in [0.1, 0.15) is 19.2 Å². The molecule has 24 heavy (non-hydrogen) atoms. The molecule has 3 heteroatoms. The van der Waals surface area contributed by atoms with Gasteiger partial charge < -0.3 is 0 Å². The van der Waals surface area contributed by atoms with E-state index in [0.29, 0.717) is 17.5 Å². The molecule has 0 radical (unpaired) electrons. The molecule has 0 aliphatic carbocycles. The highest BCUT2D eigenvalue weighted by atomic mass is 15.0. The Labute approximate surface area is 142 Å². The molecule has 2 aromatic carbocycles. The Morgan fingerprint density at radius 3 is 1.75 bits per heavy atom. The Morgan fingerprint density at radius 1 is 0.833 bits per heavy atom. The van der Waals surface area contributed by atoms with Gasteiger partial charge >= 0.3 is 0 Å². The fraction of sp³-hybridized carbons (Fsp3) is 0.0952. The van der Waals surface area contributed by atoms with Gasteiger partial charge in [-0.05, 0) is 6.42 Å². The first-order valence-corrected chi connectivity index (χ1v) is 8.01. The molecular formula is C21H19N3. The average molecular weight is 313 g/mol. The normalized spacial score (nSPS) is 11.3. The standard InChI is InChI=1S/C21H19N3/c1-3-11-16(4-2)19-22-20(17-12-7-5-8-13-17)24-21(23-19)18-14-9-6-10-15-18/h4-15H,2-3H2,1H3/b16-11+. The minimum atomic E-state index is 0.652. The summed E-state index contributed by atoms with van der Waals surface area (Å²) in [5, 5.41) is 0. The summed E-state index contributed by atoms with van der Waals surface area (Å²) in [6, 6.07) is 19.9. The number of hydrogen-bond donors (Lipinski definition) is 0. The number of aromatic nitrogens is 3. The van der Waals surface area contributed by atoms with Crippen molar-refractivity contribution >= 4 is 5.57 Å². The van der Waals surface area contributed by atoms with E-state index in [9.17, 15) is 0 Å². The minimum absolute atomic E-state index is 0.652. The van der Waals surface area contributed by atoms with Gasteiger partial charge in [0.2, 0.25) is 0 Å². The van der Waals surface area contributed by atoms with Gasteiger partial charge in [-0.1, -0.05) is 86.3 Å². The highest BCUT2D eigenvalue weighted by Crippen LogP contribution is 2.23. The van der Waals surface area contributed by atoms with Crippen LogP contribution in [0.2, 0.25) is 0 Å². The van der Waals surface area contributed by atoms with Crippen molar-refractivity contribution in [2.75, 3.05) is 0 Å². The molecule has 0 atom stereocenters. The van der Waals surface area contributed by atoms with Crippen LogP contribution in [0.5, 0.6) is 0 Å². The lowest BCUT2D eigenvalue weighted by atomic mass is 10.1. The first kappa shape index (κ1) is 15.8. The van der Waals surface area contributed by atoms with Crippen LogP contribution in [0, 0.1) is 0 Å². The molecule has 0 spiro atoms. The Bertz CT molecular complexity index is 795. The minimum Gasteiger partial charge on any atom is -0.208 e. The van der Waals surface area contributed by atoms with E-state index in [1.54, 1.807) is 6.08 Å². The van der Waals surface area contributed by atoms with Crippen LogP contribution >= 0.6 is 0 Å². The first-order valence-electron chi connectivity index (χ1n) is 8.01. The maximum atomic E-state index is 4.67. The van der Waals surface area contributed by atoms with Gasteiger partial charge in [-0.25, -0.2) is 15.0 Å². The van der Waals surface area contributed by atoms with Gasteiger partial charge in [-0.15, -0.1) is 0 Å². The zero-order valence-electron chi connectivity index (χ0n) is 13.7. The van der Waals surface area contributed by atoms with E-state index in [1.165, 1.54) is 0 Å². The zero-order valence-corrected chi connectivity index (χ0v) is 13.7. The summed E-state index contributed by atoms with van der Waals surface area (Å²) in [5.74, 6) is 1.99. The third kappa shape index (κ3) is 3.46. The third-order valence-corrected chi connectivity index (χ3v) is 3.60. The molecule has 0 amide bonds. The van der Waals surface area contributed by atoms with E-state index >= 15 is 0 Å². The summed E-state index contributed by atoms with van der Waals surface area (Å²) in [7, 11) is 0. The van der Waals surface area contributed by atoms with Crippen molar-refractivity contribution in [2.24, 2.45) is 0 Å². The topological polar surface area (TPSA) is 38.7 Å². The van der Waals surface area contributed by atoms with Gasteiger partial charge in [0.15, 0.2) is 17.5 Å². The second-order valence-corrected chi connectivity index (χ2v) is 5.31. The van der Waals surface area contributed by atoms with Gasteiger partial charge in [0.05, 0.1) is 0 Å². The SMILES string of the molecule is C=C/C(=C\CC)c1nc(-c2ccccc2)nc(-c2ccccc2)n1. The highest BCUT2D eigenvalue weighted by Gasteiger charge is 2.11. The molecule has 0 aliphatic rings. The van der Waals surface area contributed by atoms with Crippen LogP contribution < -0.4 is 0 Å². The Hall–Kier alpha value is -3.07. The van der Waals surface area contributed by atoms with Crippen molar-refractivity contribution in [1.82, 2.24) is 15.0 Å². The first-order chi connectivity index (χ1) is 11.8. The maximum absolute atomic E-state index is 4.67. The second-order valence-electron chi connectivity index (χ2n) is 5.31. The molecule has 0 saturated heterocycles.